The average molecular weight is 465 g/mol. The van der Waals surface area contributed by atoms with Crippen LogP contribution < -0.4 is 0 Å². The number of rotatable bonds is 18. The normalized spacial score (nSPS) is 13.2. The minimum atomic E-state index is -0.305. The first-order valence-corrected chi connectivity index (χ1v) is 11.2. The lowest BCUT2D eigenvalue weighted by Crippen LogP contribution is -2.15. The van der Waals surface area contributed by atoms with Gasteiger partial charge in [-0.3, -0.25) is 0 Å². The molecule has 0 spiro atoms. The van der Waals surface area contributed by atoms with Crippen LogP contribution in [-0.2, 0) is 25.4 Å². The molecule has 0 saturated heterocycles. The fraction of sp³-hybridized carbons (Fsp3) is 0.520. The lowest BCUT2D eigenvalue weighted by molar-refractivity contribution is -0.0350. The third kappa shape index (κ3) is 10.3. The summed E-state index contributed by atoms with van der Waals surface area (Å²) in [5, 5.41) is 35.9. The zero-order valence-corrected chi connectivity index (χ0v) is 19.0. The maximum Gasteiger partial charge on any atom is 0.106 e. The molecule has 0 saturated carbocycles. The fourth-order valence-electron chi connectivity index (χ4n) is 3.32. The highest BCUT2D eigenvalue weighted by molar-refractivity contribution is 5.32. The van der Waals surface area contributed by atoms with Gasteiger partial charge in [0.05, 0.1) is 66.1 Å². The van der Waals surface area contributed by atoms with E-state index in [1.54, 1.807) is 0 Å². The summed E-state index contributed by atoms with van der Waals surface area (Å²) in [4.78, 5) is 0. The Hall–Kier alpha value is -1.88. The Morgan fingerprint density at radius 3 is 1.21 bits per heavy atom. The van der Waals surface area contributed by atoms with E-state index in [4.69, 9.17) is 39.4 Å². The van der Waals surface area contributed by atoms with Gasteiger partial charge in [0.2, 0.25) is 0 Å². The maximum absolute atomic E-state index is 9.05. The van der Waals surface area contributed by atoms with Gasteiger partial charge in [-0.1, -0.05) is 48.5 Å². The number of ether oxygens (including phenoxy) is 4. The highest BCUT2D eigenvalue weighted by Gasteiger charge is 2.14. The van der Waals surface area contributed by atoms with E-state index in [1.807, 2.05) is 48.5 Å². The molecule has 0 fully saturated rings. The van der Waals surface area contributed by atoms with Gasteiger partial charge in [-0.2, -0.15) is 0 Å². The highest BCUT2D eigenvalue weighted by atomic mass is 16.5. The Morgan fingerprint density at radius 2 is 0.879 bits per heavy atom. The molecule has 0 amide bonds. The lowest BCUT2D eigenvalue weighted by Gasteiger charge is -2.19. The van der Waals surface area contributed by atoms with Gasteiger partial charge in [0.15, 0.2) is 0 Å². The van der Waals surface area contributed by atoms with Crippen LogP contribution >= 0.6 is 0 Å². The molecule has 0 aliphatic heterocycles. The van der Waals surface area contributed by atoms with E-state index >= 15 is 0 Å². The molecule has 2 aromatic carbocycles. The summed E-state index contributed by atoms with van der Waals surface area (Å²) in [6.45, 7) is 1.31. The van der Waals surface area contributed by atoms with Crippen molar-refractivity contribution in [3.8, 4) is 0 Å². The average Bonchev–Trinajstić information content (AvgIpc) is 2.85. The van der Waals surface area contributed by atoms with E-state index in [-0.39, 0.29) is 65.1 Å². The van der Waals surface area contributed by atoms with Crippen LogP contribution in [0.4, 0.5) is 0 Å². The number of hydrogen-bond acceptors (Lipinski definition) is 8. The van der Waals surface area contributed by atoms with Crippen LogP contribution in [-0.4, -0.2) is 86.5 Å². The number of hydrogen-bond donors (Lipinski definition) is 4. The topological polar surface area (TPSA) is 118 Å². The van der Waals surface area contributed by atoms with Gasteiger partial charge >= 0.3 is 0 Å². The van der Waals surface area contributed by atoms with Crippen LogP contribution in [0, 0.1) is 0 Å². The van der Waals surface area contributed by atoms with E-state index in [2.05, 4.69) is 0 Å². The number of benzene rings is 2. The van der Waals surface area contributed by atoms with E-state index < -0.39 is 0 Å². The summed E-state index contributed by atoms with van der Waals surface area (Å²) < 4.78 is 22.2. The van der Waals surface area contributed by atoms with Gasteiger partial charge in [0.25, 0.3) is 0 Å². The smallest absolute Gasteiger partial charge is 0.106 e. The maximum atomic E-state index is 9.05. The molecule has 4 N–H and O–H groups in total. The molecule has 0 radical (unpaired) electrons. The van der Waals surface area contributed by atoms with E-state index in [9.17, 15) is 0 Å². The largest absolute Gasteiger partial charge is 0.394 e. The minimum absolute atomic E-state index is 0.0472. The van der Waals surface area contributed by atoms with Crippen molar-refractivity contribution in [1.29, 1.82) is 0 Å². The molecular formula is C25H36O8. The lowest BCUT2D eigenvalue weighted by atomic mass is 10.00. The van der Waals surface area contributed by atoms with Crippen molar-refractivity contribution in [1.82, 2.24) is 0 Å². The molecule has 0 aromatic heterocycles. The highest BCUT2D eigenvalue weighted by Crippen LogP contribution is 2.22. The van der Waals surface area contributed by atoms with Gasteiger partial charge in [-0.25, -0.2) is 0 Å². The molecule has 2 unspecified atom stereocenters. The summed E-state index contributed by atoms with van der Waals surface area (Å²) in [5.74, 6) is 0. The summed E-state index contributed by atoms with van der Waals surface area (Å²) in [6, 6.07) is 16.1. The molecule has 2 atom stereocenters. The zero-order valence-electron chi connectivity index (χ0n) is 19.0. The molecule has 33 heavy (non-hydrogen) atoms. The third-order valence-corrected chi connectivity index (χ3v) is 4.94. The van der Waals surface area contributed by atoms with Crippen molar-refractivity contribution in [2.75, 3.05) is 66.1 Å². The van der Waals surface area contributed by atoms with Crippen molar-refractivity contribution in [3.05, 3.63) is 70.8 Å². The minimum Gasteiger partial charge on any atom is -0.394 e. The van der Waals surface area contributed by atoms with Crippen LogP contribution in [0.15, 0.2) is 48.5 Å². The third-order valence-electron chi connectivity index (χ3n) is 4.94. The van der Waals surface area contributed by atoms with Crippen LogP contribution in [0.2, 0.25) is 0 Å². The Bertz CT molecular complexity index is 672. The first-order chi connectivity index (χ1) is 16.2. The number of aliphatic hydroxyl groups excluding tert-OH is 4. The Morgan fingerprint density at radius 1 is 0.515 bits per heavy atom. The Labute approximate surface area is 195 Å². The molecule has 0 bridgehead atoms. The van der Waals surface area contributed by atoms with Crippen molar-refractivity contribution < 1.29 is 39.4 Å². The first kappa shape index (κ1) is 27.4. The van der Waals surface area contributed by atoms with Crippen LogP contribution in [0.25, 0.3) is 0 Å². The quantitative estimate of drug-likeness (QED) is 0.245. The molecule has 184 valence electrons. The fourth-order valence-corrected chi connectivity index (χ4v) is 3.32. The molecule has 8 nitrogen and oxygen atoms in total. The van der Waals surface area contributed by atoms with E-state index in [0.717, 1.165) is 28.7 Å². The van der Waals surface area contributed by atoms with Gasteiger partial charge in [0, 0.05) is 0 Å². The van der Waals surface area contributed by atoms with Crippen molar-refractivity contribution in [2.24, 2.45) is 0 Å². The molecule has 2 aromatic rings. The molecule has 0 aliphatic carbocycles. The molecule has 8 heteroatoms. The zero-order chi connectivity index (χ0) is 23.7. The van der Waals surface area contributed by atoms with Gasteiger partial charge < -0.3 is 39.4 Å². The van der Waals surface area contributed by atoms with Gasteiger partial charge in [0.1, 0.15) is 12.2 Å². The Balaban J connectivity index is 1.98. The van der Waals surface area contributed by atoms with Crippen molar-refractivity contribution >= 4 is 0 Å². The second kappa shape index (κ2) is 16.7. The van der Waals surface area contributed by atoms with Crippen molar-refractivity contribution in [3.63, 3.8) is 0 Å². The second-order valence-corrected chi connectivity index (χ2v) is 7.42. The van der Waals surface area contributed by atoms with E-state index in [1.165, 1.54) is 0 Å². The van der Waals surface area contributed by atoms with E-state index in [0.29, 0.717) is 13.2 Å². The van der Waals surface area contributed by atoms with Gasteiger partial charge in [-0.05, 0) is 28.7 Å². The summed E-state index contributed by atoms with van der Waals surface area (Å²) in [6.07, 6.45) is 0.147. The number of aliphatic hydroxyl groups is 4. The second-order valence-electron chi connectivity index (χ2n) is 7.42. The first-order valence-electron chi connectivity index (χ1n) is 11.2. The van der Waals surface area contributed by atoms with Crippen molar-refractivity contribution in [2.45, 2.75) is 18.6 Å². The van der Waals surface area contributed by atoms with Gasteiger partial charge in [-0.15, -0.1) is 0 Å². The van der Waals surface area contributed by atoms with Crippen LogP contribution in [0.5, 0.6) is 0 Å². The molecular weight excluding hydrogens is 428 g/mol. The summed E-state index contributed by atoms with van der Waals surface area (Å²) in [7, 11) is 0. The molecule has 0 heterocycles. The molecule has 2 rings (SSSR count). The summed E-state index contributed by atoms with van der Waals surface area (Å²) in [5.41, 5.74) is 4.19. The van der Waals surface area contributed by atoms with Crippen LogP contribution in [0.1, 0.15) is 34.5 Å². The summed E-state index contributed by atoms with van der Waals surface area (Å²) >= 11 is 0. The molecule has 0 aliphatic rings. The Kier molecular flexibility index (Phi) is 13.8. The monoisotopic (exact) mass is 464 g/mol. The predicted molar refractivity (Wildman–Crippen MR) is 123 cm³/mol. The standard InChI is InChI=1S/C25H36O8/c26-9-13-30-18-24(32-15-11-28)22-5-1-20(2-6-22)17-21-3-7-23(8-4-21)25(33-16-12-29)19-31-14-10-27/h1-8,24-29H,9-19H2. The predicted octanol–water partition coefficient (Wildman–Crippen LogP) is 1.40. The SMILES string of the molecule is OCCOCC(OCCO)c1ccc(Cc2ccc(C(COCCO)OCCO)cc2)cc1. The van der Waals surface area contributed by atoms with Crippen LogP contribution in [0.3, 0.4) is 0 Å².